The van der Waals surface area contributed by atoms with Gasteiger partial charge in [-0.15, -0.1) is 0 Å². The minimum absolute atomic E-state index is 0.0659. The summed E-state index contributed by atoms with van der Waals surface area (Å²) in [6, 6.07) is 0. The molecule has 1 fully saturated rings. The van der Waals surface area contributed by atoms with E-state index in [2.05, 4.69) is 29.8 Å². The van der Waals surface area contributed by atoms with E-state index in [9.17, 15) is 13.2 Å². The van der Waals surface area contributed by atoms with Gasteiger partial charge in [0.15, 0.2) is 0 Å². The van der Waals surface area contributed by atoms with E-state index in [1.54, 1.807) is 0 Å². The minimum Gasteiger partial charge on any atom is -0.378 e. The van der Waals surface area contributed by atoms with Crippen LogP contribution in [-0.4, -0.2) is 23.7 Å². The molecule has 1 nitrogen and oxygen atoms in total. The number of hydrogen-bond acceptors (Lipinski definition) is 1. The van der Waals surface area contributed by atoms with Crippen molar-refractivity contribution in [2.24, 2.45) is 5.41 Å². The van der Waals surface area contributed by atoms with Crippen LogP contribution in [0.2, 0.25) is 0 Å². The molecule has 17 heavy (non-hydrogen) atoms. The molecular weight excluding hydrogens is 297 g/mol. The molecule has 1 aliphatic carbocycles. The van der Waals surface area contributed by atoms with Crippen molar-refractivity contribution in [2.45, 2.75) is 63.1 Å². The SMILES string of the molecule is CCC1(CC)C(Br)CC1OCCCC(F)(F)F. The molecule has 0 heterocycles. The molecule has 1 rings (SSSR count). The van der Waals surface area contributed by atoms with Gasteiger partial charge < -0.3 is 4.74 Å². The molecule has 2 atom stereocenters. The fourth-order valence-corrected chi connectivity index (χ4v) is 3.86. The molecule has 0 saturated heterocycles. The second-order valence-corrected chi connectivity index (χ2v) is 5.83. The third kappa shape index (κ3) is 3.60. The highest BCUT2D eigenvalue weighted by molar-refractivity contribution is 9.09. The van der Waals surface area contributed by atoms with E-state index in [1.165, 1.54) is 0 Å². The molecule has 1 saturated carbocycles. The largest absolute Gasteiger partial charge is 0.389 e. The summed E-state index contributed by atoms with van der Waals surface area (Å²) in [5.74, 6) is 0. The Kier molecular flexibility index (Phi) is 5.32. The van der Waals surface area contributed by atoms with E-state index in [0.717, 1.165) is 19.3 Å². The summed E-state index contributed by atoms with van der Waals surface area (Å²) < 4.78 is 41.5. The van der Waals surface area contributed by atoms with Crippen molar-refractivity contribution in [2.75, 3.05) is 6.61 Å². The first-order valence-corrected chi connectivity index (χ1v) is 7.09. The second-order valence-electron chi connectivity index (χ2n) is 4.72. The Morgan fingerprint density at radius 2 is 1.88 bits per heavy atom. The average Bonchev–Trinajstić information content (AvgIpc) is 2.23. The van der Waals surface area contributed by atoms with Crippen molar-refractivity contribution in [1.82, 2.24) is 0 Å². The second kappa shape index (κ2) is 5.91. The van der Waals surface area contributed by atoms with Crippen LogP contribution in [0.5, 0.6) is 0 Å². The highest BCUT2D eigenvalue weighted by Crippen LogP contribution is 2.52. The predicted octanol–water partition coefficient (Wildman–Crippen LogP) is 4.69. The van der Waals surface area contributed by atoms with Crippen LogP contribution in [-0.2, 0) is 4.74 Å². The lowest BCUT2D eigenvalue weighted by Crippen LogP contribution is -2.54. The molecule has 0 spiro atoms. The first kappa shape index (κ1) is 15.3. The zero-order chi connectivity index (χ0) is 13.1. The van der Waals surface area contributed by atoms with Gasteiger partial charge in [-0.3, -0.25) is 0 Å². The molecule has 1 aliphatic rings. The summed E-state index contributed by atoms with van der Waals surface area (Å²) in [6.45, 7) is 4.44. The van der Waals surface area contributed by atoms with Crippen LogP contribution in [0.25, 0.3) is 0 Å². The monoisotopic (exact) mass is 316 g/mol. The smallest absolute Gasteiger partial charge is 0.378 e. The van der Waals surface area contributed by atoms with Crippen molar-refractivity contribution >= 4 is 15.9 Å². The van der Waals surface area contributed by atoms with Gasteiger partial charge in [0, 0.05) is 23.3 Å². The fraction of sp³-hybridized carbons (Fsp3) is 1.00. The molecule has 0 aliphatic heterocycles. The zero-order valence-electron chi connectivity index (χ0n) is 10.3. The van der Waals surface area contributed by atoms with Gasteiger partial charge in [0.25, 0.3) is 0 Å². The Morgan fingerprint density at radius 3 is 2.29 bits per heavy atom. The van der Waals surface area contributed by atoms with E-state index in [0.29, 0.717) is 4.83 Å². The third-order valence-electron chi connectivity index (χ3n) is 3.93. The summed E-state index contributed by atoms with van der Waals surface area (Å²) in [5, 5.41) is 0. The first-order valence-electron chi connectivity index (χ1n) is 6.18. The average molecular weight is 317 g/mol. The van der Waals surface area contributed by atoms with Gasteiger partial charge in [-0.2, -0.15) is 13.2 Å². The minimum atomic E-state index is -4.06. The van der Waals surface area contributed by atoms with Crippen LogP contribution in [0.4, 0.5) is 13.2 Å². The molecular formula is C12H20BrF3O. The fourth-order valence-electron chi connectivity index (χ4n) is 2.58. The molecule has 0 aromatic carbocycles. The Bertz CT molecular complexity index is 238. The van der Waals surface area contributed by atoms with E-state index in [-0.39, 0.29) is 24.5 Å². The summed E-state index contributed by atoms with van der Waals surface area (Å²) in [4.78, 5) is 0.442. The number of ether oxygens (including phenoxy) is 1. The predicted molar refractivity (Wildman–Crippen MR) is 65.4 cm³/mol. The standard InChI is InChI=1S/C12H20BrF3O/c1-3-11(4-2)9(13)8-10(11)17-7-5-6-12(14,15)16/h9-10H,3-8H2,1-2H3. The highest BCUT2D eigenvalue weighted by Gasteiger charge is 2.52. The number of rotatable bonds is 6. The summed E-state index contributed by atoms with van der Waals surface area (Å²) in [6.07, 6.45) is -1.71. The van der Waals surface area contributed by atoms with Gasteiger partial charge in [0.1, 0.15) is 0 Å². The Labute approximate surface area is 109 Å². The Hall–Kier alpha value is 0.230. The van der Waals surface area contributed by atoms with Crippen LogP contribution in [0.15, 0.2) is 0 Å². The van der Waals surface area contributed by atoms with Crippen molar-refractivity contribution in [1.29, 1.82) is 0 Å². The lowest BCUT2D eigenvalue weighted by molar-refractivity contribution is -0.147. The van der Waals surface area contributed by atoms with Crippen LogP contribution < -0.4 is 0 Å². The van der Waals surface area contributed by atoms with Crippen molar-refractivity contribution in [3.8, 4) is 0 Å². The number of alkyl halides is 4. The van der Waals surface area contributed by atoms with E-state index in [4.69, 9.17) is 4.74 Å². The van der Waals surface area contributed by atoms with Gasteiger partial charge in [-0.1, -0.05) is 29.8 Å². The van der Waals surface area contributed by atoms with Crippen LogP contribution in [0.1, 0.15) is 46.0 Å². The molecule has 5 heteroatoms. The van der Waals surface area contributed by atoms with Crippen molar-refractivity contribution < 1.29 is 17.9 Å². The van der Waals surface area contributed by atoms with Gasteiger partial charge in [-0.05, 0) is 25.7 Å². The zero-order valence-corrected chi connectivity index (χ0v) is 11.9. The molecule has 0 radical (unpaired) electrons. The maximum absolute atomic E-state index is 12.0. The van der Waals surface area contributed by atoms with Crippen LogP contribution in [0, 0.1) is 5.41 Å². The Morgan fingerprint density at radius 1 is 1.29 bits per heavy atom. The topological polar surface area (TPSA) is 9.23 Å². The van der Waals surface area contributed by atoms with Crippen LogP contribution >= 0.6 is 15.9 Å². The molecule has 102 valence electrons. The van der Waals surface area contributed by atoms with E-state index >= 15 is 0 Å². The van der Waals surface area contributed by atoms with Gasteiger partial charge >= 0.3 is 6.18 Å². The molecule has 0 N–H and O–H groups in total. The lowest BCUT2D eigenvalue weighted by Gasteiger charge is -2.53. The van der Waals surface area contributed by atoms with Gasteiger partial charge in [0.2, 0.25) is 0 Å². The molecule has 0 amide bonds. The highest BCUT2D eigenvalue weighted by atomic mass is 79.9. The first-order chi connectivity index (χ1) is 7.85. The van der Waals surface area contributed by atoms with E-state index < -0.39 is 12.6 Å². The molecule has 0 bridgehead atoms. The lowest BCUT2D eigenvalue weighted by atomic mass is 9.62. The summed E-state index contributed by atoms with van der Waals surface area (Å²) >= 11 is 3.63. The van der Waals surface area contributed by atoms with Crippen LogP contribution in [0.3, 0.4) is 0 Å². The quantitative estimate of drug-likeness (QED) is 0.510. The molecule has 2 unspecified atom stereocenters. The van der Waals surface area contributed by atoms with Gasteiger partial charge in [0.05, 0.1) is 6.10 Å². The number of halogens is 4. The summed E-state index contributed by atoms with van der Waals surface area (Å²) in [5.41, 5.74) is 0.123. The molecule has 0 aromatic heterocycles. The van der Waals surface area contributed by atoms with Crippen molar-refractivity contribution in [3.05, 3.63) is 0 Å². The normalized spacial score (nSPS) is 27.9. The molecule has 0 aromatic rings. The maximum Gasteiger partial charge on any atom is 0.389 e. The third-order valence-corrected chi connectivity index (χ3v) is 5.21. The van der Waals surface area contributed by atoms with Gasteiger partial charge in [-0.25, -0.2) is 0 Å². The van der Waals surface area contributed by atoms with Crippen molar-refractivity contribution in [3.63, 3.8) is 0 Å². The maximum atomic E-state index is 12.0. The van der Waals surface area contributed by atoms with E-state index in [1.807, 2.05) is 0 Å². The Balaban J connectivity index is 2.29. The number of hydrogen-bond donors (Lipinski definition) is 0. The summed E-state index contributed by atoms with van der Waals surface area (Å²) in [7, 11) is 0.